The summed E-state index contributed by atoms with van der Waals surface area (Å²) in [7, 11) is 0. The number of hydrogen-bond donors (Lipinski definition) is 2. The number of nitrogens with one attached hydrogen (secondary N) is 1. The largest absolute Gasteiger partial charge is 0.397 e. The molecule has 3 N–H and O–H groups in total. The summed E-state index contributed by atoms with van der Waals surface area (Å²) in [5.74, 6) is -0.189. The van der Waals surface area contributed by atoms with Crippen LogP contribution < -0.4 is 11.1 Å². The van der Waals surface area contributed by atoms with E-state index in [0.29, 0.717) is 22.1 Å². The Morgan fingerprint density at radius 2 is 2.05 bits per heavy atom. The minimum atomic E-state index is -0.189. The van der Waals surface area contributed by atoms with E-state index in [2.05, 4.69) is 10.3 Å². The molecule has 0 aliphatic heterocycles. The topological polar surface area (TPSA) is 68.0 Å². The molecule has 2 heterocycles. The maximum Gasteiger partial charge on any atom is 0.263 e. The van der Waals surface area contributed by atoms with Crippen LogP contribution in [0.1, 0.15) is 15.2 Å². The van der Waals surface area contributed by atoms with E-state index in [0.717, 1.165) is 15.8 Å². The number of halogens is 1. The third-order valence-electron chi connectivity index (χ3n) is 3.08. The van der Waals surface area contributed by atoms with E-state index in [1.807, 2.05) is 18.2 Å². The Hall–Kier alpha value is -2.11. The molecule has 3 rings (SSSR count). The van der Waals surface area contributed by atoms with Gasteiger partial charge in [-0.05, 0) is 29.8 Å². The third kappa shape index (κ3) is 2.84. The standard InChI is InChI=1S/C15H12ClN3OS/c16-10-5-3-9(4-6-10)8-19-14(20)13-12(17)11-2-1-7-18-15(11)21-13/h1-7H,8,17H2,(H,19,20). The first-order valence-corrected chi connectivity index (χ1v) is 7.50. The number of aromatic nitrogens is 1. The Kier molecular flexibility index (Phi) is 3.77. The molecule has 21 heavy (non-hydrogen) atoms. The molecule has 0 radical (unpaired) electrons. The number of carbonyl (C=O) groups is 1. The minimum Gasteiger partial charge on any atom is -0.397 e. The molecule has 0 fully saturated rings. The van der Waals surface area contributed by atoms with Crippen molar-refractivity contribution in [2.45, 2.75) is 6.54 Å². The van der Waals surface area contributed by atoms with Gasteiger partial charge in [0.2, 0.25) is 0 Å². The molecule has 0 unspecified atom stereocenters. The van der Waals surface area contributed by atoms with Crippen molar-refractivity contribution >= 4 is 44.7 Å². The van der Waals surface area contributed by atoms with Crippen LogP contribution in [0.15, 0.2) is 42.6 Å². The van der Waals surface area contributed by atoms with E-state index in [-0.39, 0.29) is 5.91 Å². The van der Waals surface area contributed by atoms with E-state index in [1.165, 1.54) is 11.3 Å². The molecule has 0 bridgehead atoms. The van der Waals surface area contributed by atoms with Gasteiger partial charge in [-0.25, -0.2) is 4.98 Å². The normalized spacial score (nSPS) is 10.7. The summed E-state index contributed by atoms with van der Waals surface area (Å²) in [4.78, 5) is 17.7. The van der Waals surface area contributed by atoms with Gasteiger partial charge in [-0.15, -0.1) is 11.3 Å². The molecule has 0 aliphatic rings. The van der Waals surface area contributed by atoms with Crippen LogP contribution >= 0.6 is 22.9 Å². The first-order valence-electron chi connectivity index (χ1n) is 6.31. The van der Waals surface area contributed by atoms with Crippen molar-refractivity contribution in [1.82, 2.24) is 10.3 Å². The van der Waals surface area contributed by atoms with Gasteiger partial charge >= 0.3 is 0 Å². The average molecular weight is 318 g/mol. The fourth-order valence-corrected chi connectivity index (χ4v) is 3.09. The highest BCUT2D eigenvalue weighted by molar-refractivity contribution is 7.21. The monoisotopic (exact) mass is 317 g/mol. The van der Waals surface area contributed by atoms with Crippen LogP contribution in [-0.2, 0) is 6.54 Å². The van der Waals surface area contributed by atoms with E-state index in [4.69, 9.17) is 17.3 Å². The first kappa shape index (κ1) is 13.9. The highest BCUT2D eigenvalue weighted by Crippen LogP contribution is 2.31. The van der Waals surface area contributed by atoms with Crippen molar-refractivity contribution < 1.29 is 4.79 Å². The second kappa shape index (κ2) is 5.71. The van der Waals surface area contributed by atoms with Crippen LogP contribution in [0.25, 0.3) is 10.2 Å². The number of rotatable bonds is 3. The summed E-state index contributed by atoms with van der Waals surface area (Å²) in [5, 5.41) is 4.35. The van der Waals surface area contributed by atoms with Gasteiger partial charge in [0.25, 0.3) is 5.91 Å². The Morgan fingerprint density at radius 1 is 1.29 bits per heavy atom. The number of nitrogens with two attached hydrogens (primary N) is 1. The van der Waals surface area contributed by atoms with Crippen molar-refractivity contribution in [3.63, 3.8) is 0 Å². The number of hydrogen-bond acceptors (Lipinski definition) is 4. The molecule has 2 aromatic heterocycles. The quantitative estimate of drug-likeness (QED) is 0.777. The van der Waals surface area contributed by atoms with Crippen LogP contribution in [0.5, 0.6) is 0 Å². The molecule has 0 saturated carbocycles. The zero-order valence-electron chi connectivity index (χ0n) is 11.0. The van der Waals surface area contributed by atoms with Gasteiger partial charge < -0.3 is 11.1 Å². The predicted octanol–water partition coefficient (Wildman–Crippen LogP) is 3.46. The molecule has 3 aromatic rings. The maximum absolute atomic E-state index is 12.2. The van der Waals surface area contributed by atoms with Gasteiger partial charge in [0.1, 0.15) is 9.71 Å². The molecule has 0 spiro atoms. The van der Waals surface area contributed by atoms with Gasteiger partial charge in [0, 0.05) is 23.2 Å². The van der Waals surface area contributed by atoms with Crippen molar-refractivity contribution in [3.05, 3.63) is 58.1 Å². The number of anilines is 1. The number of amides is 1. The summed E-state index contributed by atoms with van der Waals surface area (Å²) in [5.41, 5.74) is 7.48. The van der Waals surface area contributed by atoms with E-state index in [9.17, 15) is 4.79 Å². The summed E-state index contributed by atoms with van der Waals surface area (Å²) in [6, 6.07) is 11.0. The summed E-state index contributed by atoms with van der Waals surface area (Å²) >= 11 is 7.13. The minimum absolute atomic E-state index is 0.189. The van der Waals surface area contributed by atoms with Crippen LogP contribution in [0.2, 0.25) is 5.02 Å². The van der Waals surface area contributed by atoms with Crippen LogP contribution in [0.3, 0.4) is 0 Å². The molecule has 0 atom stereocenters. The predicted molar refractivity (Wildman–Crippen MR) is 86.7 cm³/mol. The van der Waals surface area contributed by atoms with Gasteiger partial charge in [0.15, 0.2) is 0 Å². The molecule has 1 amide bonds. The van der Waals surface area contributed by atoms with Gasteiger partial charge in [0.05, 0.1) is 5.69 Å². The Balaban J connectivity index is 1.78. The highest BCUT2D eigenvalue weighted by atomic mass is 35.5. The number of fused-ring (bicyclic) bond motifs is 1. The van der Waals surface area contributed by atoms with Gasteiger partial charge in [-0.3, -0.25) is 4.79 Å². The van der Waals surface area contributed by atoms with Crippen molar-refractivity contribution in [3.8, 4) is 0 Å². The second-order valence-corrected chi connectivity index (χ2v) is 5.95. The third-order valence-corrected chi connectivity index (χ3v) is 4.46. The SMILES string of the molecule is Nc1c(C(=O)NCc2ccc(Cl)cc2)sc2ncccc12. The number of benzene rings is 1. The lowest BCUT2D eigenvalue weighted by molar-refractivity contribution is 0.0956. The van der Waals surface area contributed by atoms with Gasteiger partial charge in [-0.1, -0.05) is 23.7 Å². The molecule has 0 saturated heterocycles. The van der Waals surface area contributed by atoms with Crippen molar-refractivity contribution in [2.75, 3.05) is 5.73 Å². The van der Waals surface area contributed by atoms with Crippen molar-refractivity contribution in [2.24, 2.45) is 0 Å². The fraction of sp³-hybridized carbons (Fsp3) is 0.0667. The zero-order chi connectivity index (χ0) is 14.8. The van der Waals surface area contributed by atoms with E-state index in [1.54, 1.807) is 24.4 Å². The Labute approximate surface area is 130 Å². The maximum atomic E-state index is 12.2. The summed E-state index contributed by atoms with van der Waals surface area (Å²) in [6.45, 7) is 0.428. The van der Waals surface area contributed by atoms with Gasteiger partial charge in [-0.2, -0.15) is 0 Å². The molecule has 106 valence electrons. The number of nitrogens with zero attached hydrogens (tertiary/aromatic N) is 1. The Bertz CT molecular complexity index is 798. The lowest BCUT2D eigenvalue weighted by Gasteiger charge is -2.04. The molecule has 0 aliphatic carbocycles. The lowest BCUT2D eigenvalue weighted by atomic mass is 10.2. The first-order chi connectivity index (χ1) is 10.1. The number of nitrogen functional groups attached to an aromatic ring is 1. The number of carbonyl (C=O) groups excluding carboxylic acids is 1. The lowest BCUT2D eigenvalue weighted by Crippen LogP contribution is -2.22. The van der Waals surface area contributed by atoms with E-state index < -0.39 is 0 Å². The molecule has 1 aromatic carbocycles. The average Bonchev–Trinajstić information content (AvgIpc) is 2.84. The van der Waals surface area contributed by atoms with Crippen LogP contribution in [-0.4, -0.2) is 10.9 Å². The molecule has 6 heteroatoms. The summed E-state index contributed by atoms with van der Waals surface area (Å²) in [6.07, 6.45) is 1.69. The summed E-state index contributed by atoms with van der Waals surface area (Å²) < 4.78 is 0. The van der Waals surface area contributed by atoms with Crippen LogP contribution in [0, 0.1) is 0 Å². The van der Waals surface area contributed by atoms with E-state index >= 15 is 0 Å². The molecular weight excluding hydrogens is 306 g/mol. The highest BCUT2D eigenvalue weighted by Gasteiger charge is 2.16. The number of pyridine rings is 1. The molecular formula is C15H12ClN3OS. The fourth-order valence-electron chi connectivity index (χ4n) is 1.98. The Morgan fingerprint density at radius 3 is 2.76 bits per heavy atom. The zero-order valence-corrected chi connectivity index (χ0v) is 12.5. The van der Waals surface area contributed by atoms with Crippen LogP contribution in [0.4, 0.5) is 5.69 Å². The van der Waals surface area contributed by atoms with Crippen molar-refractivity contribution in [1.29, 1.82) is 0 Å². The number of thiophene rings is 1. The molecule has 4 nitrogen and oxygen atoms in total. The second-order valence-electron chi connectivity index (χ2n) is 4.51. The smallest absolute Gasteiger partial charge is 0.263 e.